The van der Waals surface area contributed by atoms with Crippen LogP contribution in [0.25, 0.3) is 5.70 Å². The normalized spacial score (nSPS) is 19.3. The molecule has 0 unspecified atom stereocenters. The van der Waals surface area contributed by atoms with Gasteiger partial charge in [0.05, 0.1) is 36.8 Å². The highest BCUT2D eigenvalue weighted by Crippen LogP contribution is 2.27. The maximum atomic E-state index is 13.5. The predicted molar refractivity (Wildman–Crippen MR) is 132 cm³/mol. The summed E-state index contributed by atoms with van der Waals surface area (Å²) in [6.07, 6.45) is 6.64. The first-order valence-electron chi connectivity index (χ1n) is 12.0. The number of amides is 2. The zero-order valence-corrected chi connectivity index (χ0v) is 20.4. The molecule has 3 N–H and O–H groups in total. The molecule has 1 aromatic heterocycles. The Morgan fingerprint density at radius 3 is 2.63 bits per heavy atom. The molecule has 2 amide bonds. The van der Waals surface area contributed by atoms with Crippen molar-refractivity contribution >= 4 is 23.7 Å². The van der Waals surface area contributed by atoms with Gasteiger partial charge in [-0.15, -0.1) is 5.10 Å². The van der Waals surface area contributed by atoms with Gasteiger partial charge in [0.15, 0.2) is 0 Å². The highest BCUT2D eigenvalue weighted by molar-refractivity contribution is 5.90. The van der Waals surface area contributed by atoms with Gasteiger partial charge in [-0.3, -0.25) is 14.6 Å². The molecule has 10 nitrogen and oxygen atoms in total. The maximum Gasteiger partial charge on any atom is 0.248 e. The van der Waals surface area contributed by atoms with Crippen LogP contribution in [0.15, 0.2) is 41.7 Å². The summed E-state index contributed by atoms with van der Waals surface area (Å²) in [5, 5.41) is 24.4. The largest absolute Gasteiger partial charge is 0.394 e. The van der Waals surface area contributed by atoms with Gasteiger partial charge in [0.2, 0.25) is 11.8 Å². The van der Waals surface area contributed by atoms with Gasteiger partial charge in [-0.25, -0.2) is 4.68 Å². The monoisotopic (exact) mass is 479 g/mol. The van der Waals surface area contributed by atoms with Gasteiger partial charge in [0.1, 0.15) is 12.1 Å². The molecule has 2 aliphatic rings. The number of aliphatic hydroxyl groups excluding tert-OH is 1. The molecule has 3 atom stereocenters. The molecule has 0 aliphatic carbocycles. The van der Waals surface area contributed by atoms with Gasteiger partial charge >= 0.3 is 0 Å². The van der Waals surface area contributed by atoms with Crippen LogP contribution < -0.4 is 10.6 Å². The molecule has 0 spiro atoms. The van der Waals surface area contributed by atoms with E-state index in [9.17, 15) is 14.7 Å². The number of nitrogens with one attached hydrogen (secondary N) is 2. The van der Waals surface area contributed by atoms with Gasteiger partial charge in [-0.05, 0) is 36.8 Å². The summed E-state index contributed by atoms with van der Waals surface area (Å²) in [7, 11) is 0. The van der Waals surface area contributed by atoms with Crippen LogP contribution in [0.3, 0.4) is 0 Å². The number of benzene rings is 1. The second-order valence-corrected chi connectivity index (χ2v) is 9.34. The molecule has 2 aromatic rings. The van der Waals surface area contributed by atoms with Crippen LogP contribution in [-0.4, -0.2) is 68.8 Å². The zero-order valence-electron chi connectivity index (χ0n) is 20.4. The Labute approximate surface area is 205 Å². The molecular weight excluding hydrogens is 446 g/mol. The predicted octanol–water partition coefficient (Wildman–Crippen LogP) is 1.60. The van der Waals surface area contributed by atoms with E-state index >= 15 is 0 Å². The highest BCUT2D eigenvalue weighted by atomic mass is 16.3. The minimum atomic E-state index is -0.587. The van der Waals surface area contributed by atoms with E-state index in [1.165, 1.54) is 0 Å². The molecule has 1 fully saturated rings. The number of nitrogens with zero attached hydrogens (tertiary/aromatic N) is 5. The summed E-state index contributed by atoms with van der Waals surface area (Å²) in [6, 6.07) is 5.95. The van der Waals surface area contributed by atoms with E-state index < -0.39 is 18.1 Å². The van der Waals surface area contributed by atoms with E-state index in [1.54, 1.807) is 28.2 Å². The molecule has 35 heavy (non-hydrogen) atoms. The van der Waals surface area contributed by atoms with E-state index in [2.05, 4.69) is 25.9 Å². The molecule has 4 rings (SSSR count). The van der Waals surface area contributed by atoms with Gasteiger partial charge in [-0.1, -0.05) is 43.3 Å². The van der Waals surface area contributed by atoms with Crippen molar-refractivity contribution in [2.75, 3.05) is 19.7 Å². The van der Waals surface area contributed by atoms with Crippen molar-refractivity contribution in [2.24, 2.45) is 10.9 Å². The van der Waals surface area contributed by atoms with Crippen molar-refractivity contribution in [1.29, 1.82) is 0 Å². The average molecular weight is 480 g/mol. The molecule has 1 saturated heterocycles. The molecule has 2 aliphatic heterocycles. The Kier molecular flexibility index (Phi) is 7.60. The number of likely N-dealkylation sites (tertiary alicyclic amines) is 1. The first-order chi connectivity index (χ1) is 16.9. The van der Waals surface area contributed by atoms with Crippen molar-refractivity contribution < 1.29 is 14.7 Å². The summed E-state index contributed by atoms with van der Waals surface area (Å²) in [4.78, 5) is 32.6. The lowest BCUT2D eigenvalue weighted by molar-refractivity contribution is -0.142. The lowest BCUT2D eigenvalue weighted by Gasteiger charge is -2.30. The van der Waals surface area contributed by atoms with Gasteiger partial charge in [-0.2, -0.15) is 0 Å². The van der Waals surface area contributed by atoms with E-state index in [0.29, 0.717) is 19.5 Å². The molecule has 186 valence electrons. The first-order valence-corrected chi connectivity index (χ1v) is 12.0. The van der Waals surface area contributed by atoms with Crippen LogP contribution >= 0.6 is 0 Å². The number of hydrogen-bond acceptors (Lipinski definition) is 7. The summed E-state index contributed by atoms with van der Waals surface area (Å²) in [6.45, 7) is 6.69. The van der Waals surface area contributed by atoms with Crippen LogP contribution in [0.4, 0.5) is 0 Å². The number of hydrogen-bond donors (Lipinski definition) is 3. The smallest absolute Gasteiger partial charge is 0.248 e. The Hall–Kier alpha value is -3.53. The molecule has 3 heterocycles. The SMILES string of the molecule is Cc1cn([C@H](C(=O)N2CCC[C@H]2C(=O)N[C@@H](CO)c2ccc(C3=CN=CCN3)cc2)C(C)C)nn1. The standard InChI is InChI=1S/C25H33N7O3/c1-16(2)23(32-14-17(3)29-30-32)25(35)31-12-4-5-22(31)24(34)28-21(15-33)19-8-6-18(7-9-19)20-13-26-10-11-27-20/h6-10,13-14,16,21-23,27,33H,4-5,11-12,15H2,1-3H3,(H,28,34)/t21-,22-,23-/m0/s1. The number of aliphatic imine (C=N–C) groups is 1. The second-order valence-electron chi connectivity index (χ2n) is 9.34. The highest BCUT2D eigenvalue weighted by Gasteiger charge is 2.39. The van der Waals surface area contributed by atoms with Gasteiger partial charge < -0.3 is 20.6 Å². The van der Waals surface area contributed by atoms with E-state index in [-0.39, 0.29) is 24.3 Å². The van der Waals surface area contributed by atoms with Crippen molar-refractivity contribution in [2.45, 2.75) is 51.7 Å². The fourth-order valence-corrected chi connectivity index (χ4v) is 4.63. The lowest BCUT2D eigenvalue weighted by atomic mass is 10.0. The summed E-state index contributed by atoms with van der Waals surface area (Å²) in [5.41, 5.74) is 3.42. The molecular formula is C25H33N7O3. The van der Waals surface area contributed by atoms with Crippen LogP contribution in [0.5, 0.6) is 0 Å². The topological polar surface area (TPSA) is 125 Å². The molecule has 10 heteroatoms. The van der Waals surface area contributed by atoms with Gasteiger partial charge in [0.25, 0.3) is 0 Å². The van der Waals surface area contributed by atoms with Crippen molar-refractivity contribution in [3.8, 4) is 0 Å². The van der Waals surface area contributed by atoms with Crippen LogP contribution in [0.1, 0.15) is 55.6 Å². The number of rotatable bonds is 8. The van der Waals surface area contributed by atoms with Gasteiger partial charge in [0, 0.05) is 19.0 Å². The molecule has 0 saturated carbocycles. The summed E-state index contributed by atoms with van der Waals surface area (Å²) in [5.74, 6) is -0.415. The third-order valence-corrected chi connectivity index (χ3v) is 6.45. The first kappa shape index (κ1) is 24.6. The summed E-state index contributed by atoms with van der Waals surface area (Å²) >= 11 is 0. The Balaban J connectivity index is 1.46. The molecule has 0 bridgehead atoms. The minimum Gasteiger partial charge on any atom is -0.394 e. The third-order valence-electron chi connectivity index (χ3n) is 6.45. The Morgan fingerprint density at radius 1 is 1.26 bits per heavy atom. The fraction of sp³-hybridized carbons (Fsp3) is 0.480. The molecule has 0 radical (unpaired) electrons. The summed E-state index contributed by atoms with van der Waals surface area (Å²) < 4.78 is 1.59. The number of carbonyl (C=O) groups is 2. The van der Waals surface area contributed by atoms with E-state index in [1.807, 2.05) is 45.0 Å². The van der Waals surface area contributed by atoms with Crippen molar-refractivity contribution in [3.63, 3.8) is 0 Å². The Morgan fingerprint density at radius 2 is 2.03 bits per heavy atom. The zero-order chi connectivity index (χ0) is 24.9. The number of carbonyl (C=O) groups excluding carboxylic acids is 2. The number of aliphatic hydroxyl groups is 1. The lowest BCUT2D eigenvalue weighted by Crippen LogP contribution is -2.50. The van der Waals surface area contributed by atoms with E-state index in [4.69, 9.17) is 0 Å². The maximum absolute atomic E-state index is 13.5. The van der Waals surface area contributed by atoms with Crippen LogP contribution in [0, 0.1) is 12.8 Å². The average Bonchev–Trinajstić information content (AvgIpc) is 3.52. The van der Waals surface area contributed by atoms with Crippen LogP contribution in [-0.2, 0) is 9.59 Å². The quantitative estimate of drug-likeness (QED) is 0.528. The van der Waals surface area contributed by atoms with Crippen molar-refractivity contribution in [3.05, 3.63) is 53.5 Å². The fourth-order valence-electron chi connectivity index (χ4n) is 4.63. The number of aryl methyl sites for hydroxylation is 1. The Bertz CT molecular complexity index is 1110. The van der Waals surface area contributed by atoms with E-state index in [0.717, 1.165) is 28.9 Å². The third kappa shape index (κ3) is 5.43. The van der Waals surface area contributed by atoms with Crippen LogP contribution in [0.2, 0.25) is 0 Å². The minimum absolute atomic E-state index is 0.0175. The number of aromatic nitrogens is 3. The molecule has 1 aromatic carbocycles. The second kappa shape index (κ2) is 10.8. The van der Waals surface area contributed by atoms with Crippen molar-refractivity contribution in [1.82, 2.24) is 30.5 Å².